The van der Waals surface area contributed by atoms with Crippen LogP contribution < -0.4 is 10.6 Å². The summed E-state index contributed by atoms with van der Waals surface area (Å²) in [7, 11) is 0. The summed E-state index contributed by atoms with van der Waals surface area (Å²) in [5.74, 6) is -0.928. The van der Waals surface area contributed by atoms with Gasteiger partial charge in [-0.3, -0.25) is 4.79 Å². The number of carbonyl (C=O) groups excluding carboxylic acids is 1. The van der Waals surface area contributed by atoms with Crippen LogP contribution in [0.25, 0.3) is 0 Å². The second kappa shape index (κ2) is 7.11. The van der Waals surface area contributed by atoms with Crippen molar-refractivity contribution in [2.45, 2.75) is 46.6 Å². The molecule has 1 aromatic carbocycles. The second-order valence-corrected chi connectivity index (χ2v) is 6.17. The fourth-order valence-electron chi connectivity index (χ4n) is 1.90. The van der Waals surface area contributed by atoms with Crippen molar-refractivity contribution in [3.05, 3.63) is 29.8 Å². The molecule has 2 amide bonds. The Kier molecular flexibility index (Phi) is 5.76. The van der Waals surface area contributed by atoms with Gasteiger partial charge in [-0.2, -0.15) is 0 Å². The summed E-state index contributed by atoms with van der Waals surface area (Å²) in [4.78, 5) is 22.9. The maximum Gasteiger partial charge on any atom is 0.319 e. The van der Waals surface area contributed by atoms with E-state index in [1.54, 1.807) is 0 Å². The number of amides is 2. The number of rotatable bonds is 5. The maximum atomic E-state index is 12.0. The van der Waals surface area contributed by atoms with Crippen LogP contribution in [0, 0.1) is 5.41 Å². The molecule has 5 heteroatoms. The number of carboxylic acids is 1. The molecule has 0 aliphatic heterocycles. The second-order valence-electron chi connectivity index (χ2n) is 6.17. The Bertz CT molecular complexity index is 489. The summed E-state index contributed by atoms with van der Waals surface area (Å²) < 4.78 is 0. The standard InChI is InChI=1S/C16H24N2O3/c1-5-11-6-8-12(9-7-11)17-15(21)18-13(10-14(19)20)16(2,3)4/h6-9,13H,5,10H2,1-4H3,(H,19,20)(H2,17,18,21). The molecule has 0 aliphatic rings. The van der Waals surface area contributed by atoms with Crippen molar-refractivity contribution in [2.75, 3.05) is 5.32 Å². The first-order valence-corrected chi connectivity index (χ1v) is 7.10. The Hall–Kier alpha value is -2.04. The van der Waals surface area contributed by atoms with Crippen molar-refractivity contribution < 1.29 is 14.7 Å². The third-order valence-electron chi connectivity index (χ3n) is 3.35. The van der Waals surface area contributed by atoms with Gasteiger partial charge in [0.15, 0.2) is 0 Å². The number of benzene rings is 1. The van der Waals surface area contributed by atoms with Gasteiger partial charge in [-0.15, -0.1) is 0 Å². The summed E-state index contributed by atoms with van der Waals surface area (Å²) in [6.45, 7) is 7.76. The molecule has 0 heterocycles. The van der Waals surface area contributed by atoms with E-state index in [0.29, 0.717) is 5.69 Å². The number of aliphatic carboxylic acids is 1. The third-order valence-corrected chi connectivity index (χ3v) is 3.35. The van der Waals surface area contributed by atoms with Crippen LogP contribution in [-0.2, 0) is 11.2 Å². The average Bonchev–Trinajstić information content (AvgIpc) is 2.37. The van der Waals surface area contributed by atoms with Crippen LogP contribution in [0.2, 0.25) is 0 Å². The van der Waals surface area contributed by atoms with E-state index in [1.807, 2.05) is 45.0 Å². The van der Waals surface area contributed by atoms with Gasteiger partial charge in [0.25, 0.3) is 0 Å². The number of anilines is 1. The minimum Gasteiger partial charge on any atom is -0.481 e. The molecular formula is C16H24N2O3. The first kappa shape index (κ1) is 17.0. The molecule has 0 fully saturated rings. The van der Waals surface area contributed by atoms with Gasteiger partial charge in [0.1, 0.15) is 0 Å². The first-order valence-electron chi connectivity index (χ1n) is 7.10. The summed E-state index contributed by atoms with van der Waals surface area (Å²) in [5, 5.41) is 14.4. The SMILES string of the molecule is CCc1ccc(NC(=O)NC(CC(=O)O)C(C)(C)C)cc1. The maximum absolute atomic E-state index is 12.0. The molecule has 0 bridgehead atoms. The number of hydrogen-bond donors (Lipinski definition) is 3. The van der Waals surface area contributed by atoms with Crippen LogP contribution in [0.1, 0.15) is 39.7 Å². The molecule has 0 aromatic heterocycles. The van der Waals surface area contributed by atoms with Crippen LogP contribution in [0.3, 0.4) is 0 Å². The summed E-state index contributed by atoms with van der Waals surface area (Å²) in [6.07, 6.45) is 0.836. The van der Waals surface area contributed by atoms with E-state index in [9.17, 15) is 9.59 Å². The Labute approximate surface area is 125 Å². The highest BCUT2D eigenvalue weighted by atomic mass is 16.4. The smallest absolute Gasteiger partial charge is 0.319 e. The van der Waals surface area contributed by atoms with Crippen LogP contribution in [0.4, 0.5) is 10.5 Å². The summed E-state index contributed by atoms with van der Waals surface area (Å²) in [5.41, 5.74) is 1.55. The van der Waals surface area contributed by atoms with Crippen LogP contribution in [-0.4, -0.2) is 23.1 Å². The zero-order chi connectivity index (χ0) is 16.0. The lowest BCUT2D eigenvalue weighted by atomic mass is 9.85. The van der Waals surface area contributed by atoms with E-state index in [-0.39, 0.29) is 17.9 Å². The lowest BCUT2D eigenvalue weighted by Crippen LogP contribution is -2.46. The third kappa shape index (κ3) is 5.85. The van der Waals surface area contributed by atoms with Crippen molar-refractivity contribution in [3.63, 3.8) is 0 Å². The molecule has 3 N–H and O–H groups in total. The molecule has 21 heavy (non-hydrogen) atoms. The quantitative estimate of drug-likeness (QED) is 0.779. The highest BCUT2D eigenvalue weighted by molar-refractivity contribution is 5.89. The zero-order valence-electron chi connectivity index (χ0n) is 13.1. The van der Waals surface area contributed by atoms with Gasteiger partial charge in [0.05, 0.1) is 6.42 Å². The van der Waals surface area contributed by atoms with Crippen molar-refractivity contribution >= 4 is 17.7 Å². The van der Waals surface area contributed by atoms with Gasteiger partial charge < -0.3 is 15.7 Å². The molecule has 0 saturated heterocycles. The van der Waals surface area contributed by atoms with Crippen LogP contribution in [0.15, 0.2) is 24.3 Å². The molecule has 116 valence electrons. The Morgan fingerprint density at radius 3 is 2.19 bits per heavy atom. The largest absolute Gasteiger partial charge is 0.481 e. The van der Waals surface area contributed by atoms with E-state index < -0.39 is 12.0 Å². The molecule has 1 unspecified atom stereocenters. The number of nitrogens with one attached hydrogen (secondary N) is 2. The number of hydrogen-bond acceptors (Lipinski definition) is 2. The molecule has 0 spiro atoms. The van der Waals surface area contributed by atoms with Gasteiger partial charge in [0.2, 0.25) is 0 Å². The lowest BCUT2D eigenvalue weighted by molar-refractivity contribution is -0.138. The fourth-order valence-corrected chi connectivity index (χ4v) is 1.90. The van der Waals surface area contributed by atoms with Gasteiger partial charge in [0, 0.05) is 11.7 Å². The monoisotopic (exact) mass is 292 g/mol. The summed E-state index contributed by atoms with van der Waals surface area (Å²) >= 11 is 0. The molecule has 0 radical (unpaired) electrons. The van der Waals surface area contributed by atoms with Crippen molar-refractivity contribution in [1.29, 1.82) is 0 Å². The molecule has 1 atom stereocenters. The average molecular weight is 292 g/mol. The van der Waals surface area contributed by atoms with E-state index in [0.717, 1.165) is 6.42 Å². The van der Waals surface area contributed by atoms with Gasteiger partial charge in [-0.05, 0) is 29.5 Å². The first-order chi connectivity index (χ1) is 9.72. The van der Waals surface area contributed by atoms with E-state index >= 15 is 0 Å². The van der Waals surface area contributed by atoms with E-state index in [2.05, 4.69) is 17.6 Å². The topological polar surface area (TPSA) is 78.4 Å². The predicted molar refractivity (Wildman–Crippen MR) is 83.5 cm³/mol. The normalized spacial score (nSPS) is 12.6. The molecule has 0 saturated carbocycles. The summed E-state index contributed by atoms with van der Waals surface area (Å²) in [6, 6.07) is 6.75. The van der Waals surface area contributed by atoms with Crippen LogP contribution >= 0.6 is 0 Å². The van der Waals surface area contributed by atoms with Gasteiger partial charge >= 0.3 is 12.0 Å². The van der Waals surface area contributed by atoms with Crippen molar-refractivity contribution in [2.24, 2.45) is 5.41 Å². The highest BCUT2D eigenvalue weighted by Crippen LogP contribution is 2.22. The van der Waals surface area contributed by atoms with E-state index in [1.165, 1.54) is 5.56 Å². The lowest BCUT2D eigenvalue weighted by Gasteiger charge is -2.30. The fraction of sp³-hybridized carbons (Fsp3) is 0.500. The van der Waals surface area contributed by atoms with Crippen molar-refractivity contribution in [3.8, 4) is 0 Å². The number of aryl methyl sites for hydroxylation is 1. The molecule has 1 aromatic rings. The van der Waals surface area contributed by atoms with Crippen molar-refractivity contribution in [1.82, 2.24) is 5.32 Å². The number of urea groups is 1. The van der Waals surface area contributed by atoms with Gasteiger partial charge in [-0.1, -0.05) is 39.8 Å². The minimum absolute atomic E-state index is 0.105. The Balaban J connectivity index is 2.66. The Morgan fingerprint density at radius 2 is 1.76 bits per heavy atom. The van der Waals surface area contributed by atoms with Gasteiger partial charge in [-0.25, -0.2) is 4.79 Å². The molecule has 0 aliphatic carbocycles. The number of carbonyl (C=O) groups is 2. The molecule has 5 nitrogen and oxygen atoms in total. The number of carboxylic acid groups (broad SMARTS) is 1. The molecular weight excluding hydrogens is 268 g/mol. The predicted octanol–water partition coefficient (Wildman–Crippen LogP) is 3.26. The minimum atomic E-state index is -0.928. The highest BCUT2D eigenvalue weighted by Gasteiger charge is 2.28. The van der Waals surface area contributed by atoms with Crippen LogP contribution in [0.5, 0.6) is 0 Å². The Morgan fingerprint density at radius 1 is 1.19 bits per heavy atom. The molecule has 1 rings (SSSR count). The van der Waals surface area contributed by atoms with E-state index in [4.69, 9.17) is 5.11 Å². The zero-order valence-corrected chi connectivity index (χ0v) is 13.1.